The Morgan fingerprint density at radius 3 is 2.81 bits per heavy atom. The molecule has 1 heterocycles. The van der Waals surface area contributed by atoms with Crippen molar-refractivity contribution in [3.63, 3.8) is 0 Å². The van der Waals surface area contributed by atoms with Gasteiger partial charge in [-0.1, -0.05) is 13.8 Å². The maximum atomic E-state index is 10.8. The first-order valence-corrected chi connectivity index (χ1v) is 6.62. The SMILES string of the molecule is COc1cc([N+](=O)[O-])ccc1-n1ccc(CNC(C)C)n1. The van der Waals surface area contributed by atoms with Crippen LogP contribution in [0.1, 0.15) is 19.5 Å². The molecule has 1 aromatic heterocycles. The van der Waals surface area contributed by atoms with Crippen molar-refractivity contribution in [2.45, 2.75) is 26.4 Å². The molecule has 21 heavy (non-hydrogen) atoms. The first-order valence-electron chi connectivity index (χ1n) is 6.62. The van der Waals surface area contributed by atoms with Crippen molar-refractivity contribution in [1.29, 1.82) is 0 Å². The summed E-state index contributed by atoms with van der Waals surface area (Å²) in [5.74, 6) is 0.413. The Bertz CT molecular complexity index is 637. The largest absolute Gasteiger partial charge is 0.494 e. The fraction of sp³-hybridized carbons (Fsp3) is 0.357. The molecule has 0 aliphatic carbocycles. The van der Waals surface area contributed by atoms with Crippen molar-refractivity contribution in [2.75, 3.05) is 7.11 Å². The number of hydrogen-bond donors (Lipinski definition) is 1. The van der Waals surface area contributed by atoms with Crippen molar-refractivity contribution in [3.05, 3.63) is 46.3 Å². The lowest BCUT2D eigenvalue weighted by Gasteiger charge is -2.08. The monoisotopic (exact) mass is 290 g/mol. The zero-order valence-electron chi connectivity index (χ0n) is 12.2. The number of hydrogen-bond acceptors (Lipinski definition) is 5. The van der Waals surface area contributed by atoms with Crippen LogP contribution in [-0.4, -0.2) is 27.9 Å². The molecule has 0 fully saturated rings. The van der Waals surface area contributed by atoms with Crippen molar-refractivity contribution in [2.24, 2.45) is 0 Å². The van der Waals surface area contributed by atoms with Crippen molar-refractivity contribution < 1.29 is 9.66 Å². The minimum atomic E-state index is -0.451. The van der Waals surface area contributed by atoms with Gasteiger partial charge in [-0.05, 0) is 12.1 Å². The van der Waals surface area contributed by atoms with E-state index in [9.17, 15) is 10.1 Å². The molecule has 1 aromatic carbocycles. The number of rotatable bonds is 6. The van der Waals surface area contributed by atoms with Gasteiger partial charge in [0, 0.05) is 24.8 Å². The van der Waals surface area contributed by atoms with E-state index in [1.165, 1.54) is 19.2 Å². The molecular formula is C14H18N4O3. The fourth-order valence-corrected chi connectivity index (χ4v) is 1.87. The van der Waals surface area contributed by atoms with Crippen molar-refractivity contribution in [1.82, 2.24) is 15.1 Å². The molecule has 1 N–H and O–H groups in total. The minimum absolute atomic E-state index is 0.00976. The van der Waals surface area contributed by atoms with Crippen molar-refractivity contribution >= 4 is 5.69 Å². The molecule has 0 spiro atoms. The van der Waals surface area contributed by atoms with E-state index in [1.54, 1.807) is 16.9 Å². The van der Waals surface area contributed by atoms with E-state index in [0.29, 0.717) is 24.0 Å². The normalized spacial score (nSPS) is 10.9. The van der Waals surface area contributed by atoms with Gasteiger partial charge < -0.3 is 10.1 Å². The summed E-state index contributed by atoms with van der Waals surface area (Å²) in [5.41, 5.74) is 1.55. The molecule has 2 aromatic rings. The highest BCUT2D eigenvalue weighted by atomic mass is 16.6. The standard InChI is InChI=1S/C14H18N4O3/c1-10(2)15-9-11-6-7-17(16-11)13-5-4-12(18(19)20)8-14(13)21-3/h4-8,10,15H,9H2,1-3H3. The van der Waals surface area contributed by atoms with Crippen LogP contribution in [0.15, 0.2) is 30.5 Å². The average Bonchev–Trinajstić information content (AvgIpc) is 2.93. The van der Waals surface area contributed by atoms with Gasteiger partial charge in [-0.3, -0.25) is 10.1 Å². The third-order valence-electron chi connectivity index (χ3n) is 2.96. The number of nitro benzene ring substituents is 1. The van der Waals surface area contributed by atoms with E-state index >= 15 is 0 Å². The van der Waals surface area contributed by atoms with Gasteiger partial charge >= 0.3 is 0 Å². The number of methoxy groups -OCH3 is 1. The first kappa shape index (κ1) is 15.0. The Balaban J connectivity index is 2.27. The predicted molar refractivity (Wildman–Crippen MR) is 78.7 cm³/mol. The van der Waals surface area contributed by atoms with Gasteiger partial charge in [0.1, 0.15) is 5.69 Å². The van der Waals surface area contributed by atoms with Crippen LogP contribution in [0.2, 0.25) is 0 Å². The topological polar surface area (TPSA) is 82.2 Å². The van der Waals surface area contributed by atoms with Gasteiger partial charge in [0.2, 0.25) is 0 Å². The number of nitrogens with zero attached hydrogens (tertiary/aromatic N) is 3. The molecule has 0 unspecified atom stereocenters. The first-order chi connectivity index (χ1) is 10.0. The summed E-state index contributed by atoms with van der Waals surface area (Å²) in [4.78, 5) is 10.3. The molecule has 7 nitrogen and oxygen atoms in total. The smallest absolute Gasteiger partial charge is 0.273 e. The molecule has 2 rings (SSSR count). The van der Waals surface area contributed by atoms with E-state index in [0.717, 1.165) is 5.69 Å². The van der Waals surface area contributed by atoms with Gasteiger partial charge in [0.15, 0.2) is 5.75 Å². The second kappa shape index (κ2) is 6.36. The highest BCUT2D eigenvalue weighted by Crippen LogP contribution is 2.27. The van der Waals surface area contributed by atoms with Crippen LogP contribution in [-0.2, 0) is 6.54 Å². The molecule has 112 valence electrons. The zero-order chi connectivity index (χ0) is 15.4. The second-order valence-electron chi connectivity index (χ2n) is 4.90. The molecule has 0 bridgehead atoms. The lowest BCUT2D eigenvalue weighted by Crippen LogP contribution is -2.22. The molecule has 0 amide bonds. The molecule has 0 atom stereocenters. The zero-order valence-corrected chi connectivity index (χ0v) is 12.2. The number of nitrogens with one attached hydrogen (secondary N) is 1. The number of benzene rings is 1. The maximum Gasteiger partial charge on any atom is 0.273 e. The fourth-order valence-electron chi connectivity index (χ4n) is 1.87. The van der Waals surface area contributed by atoms with Crippen LogP contribution in [0, 0.1) is 10.1 Å². The summed E-state index contributed by atoms with van der Waals surface area (Å²) >= 11 is 0. The second-order valence-corrected chi connectivity index (χ2v) is 4.90. The van der Waals surface area contributed by atoms with Gasteiger partial charge in [-0.25, -0.2) is 4.68 Å². The Kier molecular flexibility index (Phi) is 4.54. The third kappa shape index (κ3) is 3.57. The van der Waals surface area contributed by atoms with Crippen LogP contribution >= 0.6 is 0 Å². The van der Waals surface area contributed by atoms with Crippen LogP contribution in [0.4, 0.5) is 5.69 Å². The van der Waals surface area contributed by atoms with Gasteiger partial charge in [0.05, 0.1) is 23.8 Å². The Morgan fingerprint density at radius 2 is 2.19 bits per heavy atom. The quantitative estimate of drug-likeness (QED) is 0.652. The molecule has 0 aliphatic rings. The predicted octanol–water partition coefficient (Wildman–Crippen LogP) is 2.29. The Labute approximate surface area is 122 Å². The summed E-state index contributed by atoms with van der Waals surface area (Å²) in [5, 5.41) is 18.5. The highest BCUT2D eigenvalue weighted by Gasteiger charge is 2.13. The number of ether oxygens (including phenoxy) is 1. The van der Waals surface area contributed by atoms with Crippen LogP contribution in [0.5, 0.6) is 5.75 Å². The summed E-state index contributed by atoms with van der Waals surface area (Å²) in [6.45, 7) is 4.80. The number of nitro groups is 1. The molecule has 0 saturated heterocycles. The summed E-state index contributed by atoms with van der Waals surface area (Å²) < 4.78 is 6.87. The summed E-state index contributed by atoms with van der Waals surface area (Å²) in [6.07, 6.45) is 1.81. The van der Waals surface area contributed by atoms with E-state index in [1.807, 2.05) is 6.07 Å². The minimum Gasteiger partial charge on any atom is -0.494 e. The molecule has 0 saturated carbocycles. The molecular weight excluding hydrogens is 272 g/mol. The van der Waals surface area contributed by atoms with E-state index in [2.05, 4.69) is 24.3 Å². The van der Waals surface area contributed by atoms with Gasteiger partial charge in [0.25, 0.3) is 5.69 Å². The molecule has 0 aliphatic heterocycles. The average molecular weight is 290 g/mol. The number of non-ortho nitro benzene ring substituents is 1. The van der Waals surface area contributed by atoms with Crippen LogP contribution < -0.4 is 10.1 Å². The molecule has 7 heteroatoms. The lowest BCUT2D eigenvalue weighted by molar-refractivity contribution is -0.384. The van der Waals surface area contributed by atoms with Crippen LogP contribution in [0.3, 0.4) is 0 Å². The Hall–Kier alpha value is -2.41. The van der Waals surface area contributed by atoms with E-state index in [4.69, 9.17) is 4.74 Å². The maximum absolute atomic E-state index is 10.8. The summed E-state index contributed by atoms with van der Waals surface area (Å²) in [7, 11) is 1.48. The Morgan fingerprint density at radius 1 is 1.43 bits per heavy atom. The highest BCUT2D eigenvalue weighted by molar-refractivity contribution is 5.52. The van der Waals surface area contributed by atoms with Crippen LogP contribution in [0.25, 0.3) is 5.69 Å². The third-order valence-corrected chi connectivity index (χ3v) is 2.96. The summed E-state index contributed by atoms with van der Waals surface area (Å²) in [6, 6.07) is 6.73. The molecule has 0 radical (unpaired) electrons. The number of aromatic nitrogens is 2. The lowest BCUT2D eigenvalue weighted by atomic mass is 10.2. The van der Waals surface area contributed by atoms with Gasteiger partial charge in [-0.2, -0.15) is 5.10 Å². The van der Waals surface area contributed by atoms with E-state index in [-0.39, 0.29) is 5.69 Å². The van der Waals surface area contributed by atoms with Crippen molar-refractivity contribution in [3.8, 4) is 11.4 Å². The van der Waals surface area contributed by atoms with E-state index < -0.39 is 4.92 Å². The van der Waals surface area contributed by atoms with Gasteiger partial charge in [-0.15, -0.1) is 0 Å².